The fraction of sp³-hybridized carbons (Fsp3) is 0.759. The lowest BCUT2D eigenvalue weighted by Gasteiger charge is -2.20. The van der Waals surface area contributed by atoms with Gasteiger partial charge in [0.1, 0.15) is 24.2 Å². The summed E-state index contributed by atoms with van der Waals surface area (Å²) in [5.41, 5.74) is 10.4. The first kappa shape index (κ1) is 40.2. The van der Waals surface area contributed by atoms with E-state index in [-0.39, 0.29) is 44.6 Å². The molecule has 0 aromatic carbocycles. The lowest BCUT2D eigenvalue weighted by atomic mass is 10.0. The maximum atomic E-state index is 12.5. The molecule has 0 heterocycles. The molecule has 0 aliphatic rings. The van der Waals surface area contributed by atoms with E-state index in [1.165, 1.54) is 39.0 Å². The van der Waals surface area contributed by atoms with Gasteiger partial charge in [0.2, 0.25) is 29.5 Å². The Morgan fingerprint density at radius 1 is 0.591 bits per heavy atom. The number of primary amides is 1. The average Bonchev–Trinajstić information content (AvgIpc) is 2.96. The molecule has 2 unspecified atom stereocenters. The molecule has 0 spiro atoms. The maximum absolute atomic E-state index is 12.5. The highest BCUT2D eigenvalue weighted by molar-refractivity contribution is 5.90. The Morgan fingerprint density at radius 3 is 1.59 bits per heavy atom. The summed E-state index contributed by atoms with van der Waals surface area (Å²) in [7, 11) is 0. The molecule has 252 valence electrons. The SMILES string of the molecule is CCCCCCCCCCCC(=O)N[C@@H](C)C(=O)N[C@H](CCC(=O)NC(CCCC(NC(=O)CN)C(N)=O)C(=O)O)C(=O)O. The third-order valence-corrected chi connectivity index (χ3v) is 7.04. The molecule has 0 aliphatic heterocycles. The number of amides is 5. The molecule has 10 N–H and O–H groups in total. The van der Waals surface area contributed by atoms with Gasteiger partial charge in [0, 0.05) is 12.8 Å². The van der Waals surface area contributed by atoms with Crippen LogP contribution in [0.15, 0.2) is 0 Å². The highest BCUT2D eigenvalue weighted by atomic mass is 16.4. The molecular formula is C29H52N6O9. The lowest BCUT2D eigenvalue weighted by Crippen LogP contribution is -2.50. The van der Waals surface area contributed by atoms with Gasteiger partial charge < -0.3 is 42.9 Å². The standard InChI is InChI=1S/C29H52N6O9/c1-3-4-5-6-7-8-9-10-11-15-23(36)32-19(2)27(40)35-22(29(43)44)16-17-24(37)34-21(28(41)42)14-12-13-20(26(31)39)33-25(38)18-30/h19-22H,3-18,30H2,1-2H3,(H2,31,39)(H,32,36)(H,33,38)(H,34,37)(H,35,40)(H,41,42)(H,43,44)/t19-,20?,21?,22+/m0/s1. The Labute approximate surface area is 259 Å². The summed E-state index contributed by atoms with van der Waals surface area (Å²) in [6.07, 6.45) is 9.45. The van der Waals surface area contributed by atoms with E-state index in [0.717, 1.165) is 19.3 Å². The number of nitrogens with one attached hydrogen (secondary N) is 4. The van der Waals surface area contributed by atoms with Gasteiger partial charge >= 0.3 is 11.9 Å². The van der Waals surface area contributed by atoms with Crippen LogP contribution in [0.3, 0.4) is 0 Å². The number of carbonyl (C=O) groups excluding carboxylic acids is 5. The second kappa shape index (κ2) is 23.7. The summed E-state index contributed by atoms with van der Waals surface area (Å²) < 4.78 is 0. The number of rotatable bonds is 26. The number of unbranched alkanes of at least 4 members (excludes halogenated alkanes) is 8. The lowest BCUT2D eigenvalue weighted by molar-refractivity contribution is -0.143. The molecule has 4 atom stereocenters. The van der Waals surface area contributed by atoms with Gasteiger partial charge in [-0.25, -0.2) is 9.59 Å². The first-order valence-corrected chi connectivity index (χ1v) is 15.5. The molecule has 0 aromatic heterocycles. The van der Waals surface area contributed by atoms with Crippen molar-refractivity contribution in [3.8, 4) is 0 Å². The van der Waals surface area contributed by atoms with E-state index in [4.69, 9.17) is 11.5 Å². The maximum Gasteiger partial charge on any atom is 0.326 e. The molecule has 0 bridgehead atoms. The second-order valence-electron chi connectivity index (χ2n) is 10.9. The Kier molecular flexibility index (Phi) is 21.7. The van der Waals surface area contributed by atoms with Gasteiger partial charge in [0.05, 0.1) is 6.54 Å². The van der Waals surface area contributed by atoms with Gasteiger partial charge in [0.25, 0.3) is 0 Å². The van der Waals surface area contributed by atoms with E-state index >= 15 is 0 Å². The van der Waals surface area contributed by atoms with Gasteiger partial charge in [-0.3, -0.25) is 24.0 Å². The minimum atomic E-state index is -1.45. The van der Waals surface area contributed by atoms with Crippen molar-refractivity contribution in [3.63, 3.8) is 0 Å². The van der Waals surface area contributed by atoms with Crippen LogP contribution in [0.1, 0.15) is 110 Å². The third kappa shape index (κ3) is 19.4. The summed E-state index contributed by atoms with van der Waals surface area (Å²) in [5, 5.41) is 28.4. The second-order valence-corrected chi connectivity index (χ2v) is 10.9. The molecule has 0 saturated carbocycles. The predicted molar refractivity (Wildman–Crippen MR) is 162 cm³/mol. The van der Waals surface area contributed by atoms with Gasteiger partial charge in [-0.15, -0.1) is 0 Å². The smallest absolute Gasteiger partial charge is 0.326 e. The van der Waals surface area contributed by atoms with E-state index in [2.05, 4.69) is 28.2 Å². The van der Waals surface area contributed by atoms with Crippen LogP contribution >= 0.6 is 0 Å². The van der Waals surface area contributed by atoms with E-state index in [9.17, 15) is 43.8 Å². The Hall–Kier alpha value is -3.75. The third-order valence-electron chi connectivity index (χ3n) is 7.04. The molecule has 0 rings (SSSR count). The normalized spacial score (nSPS) is 13.5. The van der Waals surface area contributed by atoms with E-state index in [0.29, 0.717) is 6.42 Å². The molecule has 5 amide bonds. The van der Waals surface area contributed by atoms with Crippen LogP contribution in [-0.2, 0) is 33.6 Å². The van der Waals surface area contributed by atoms with Crippen LogP contribution in [0.25, 0.3) is 0 Å². The zero-order valence-corrected chi connectivity index (χ0v) is 26.0. The molecular weight excluding hydrogens is 576 g/mol. The van der Waals surface area contributed by atoms with Crippen LogP contribution in [0.2, 0.25) is 0 Å². The van der Waals surface area contributed by atoms with E-state index < -0.39 is 66.2 Å². The van der Waals surface area contributed by atoms with Gasteiger partial charge in [-0.2, -0.15) is 0 Å². The summed E-state index contributed by atoms with van der Waals surface area (Å²) >= 11 is 0. The highest BCUT2D eigenvalue weighted by Gasteiger charge is 2.26. The number of carboxylic acids is 2. The molecule has 0 radical (unpaired) electrons. The van der Waals surface area contributed by atoms with Crippen molar-refractivity contribution in [2.45, 2.75) is 134 Å². The van der Waals surface area contributed by atoms with Crippen molar-refractivity contribution in [2.24, 2.45) is 11.5 Å². The first-order chi connectivity index (χ1) is 20.8. The van der Waals surface area contributed by atoms with Crippen molar-refractivity contribution < 1.29 is 43.8 Å². The van der Waals surface area contributed by atoms with Crippen LogP contribution < -0.4 is 32.7 Å². The largest absolute Gasteiger partial charge is 0.480 e. The molecule has 0 saturated heterocycles. The minimum absolute atomic E-state index is 0.0156. The highest BCUT2D eigenvalue weighted by Crippen LogP contribution is 2.11. The molecule has 15 heteroatoms. The van der Waals surface area contributed by atoms with E-state index in [1.54, 1.807) is 0 Å². The topological polar surface area (TPSA) is 260 Å². The van der Waals surface area contributed by atoms with Gasteiger partial charge in [-0.05, 0) is 39.0 Å². The number of hydrogen-bond donors (Lipinski definition) is 8. The molecule has 15 nitrogen and oxygen atoms in total. The summed E-state index contributed by atoms with van der Waals surface area (Å²) in [5.74, 6) is -5.98. The predicted octanol–water partition coefficient (Wildman–Crippen LogP) is 0.430. The molecule has 0 aromatic rings. The summed E-state index contributed by atoms with van der Waals surface area (Å²) in [6, 6.07) is -4.85. The number of carboxylic acid groups (broad SMARTS) is 2. The number of aliphatic carboxylic acids is 2. The van der Waals surface area contributed by atoms with Crippen molar-refractivity contribution in [2.75, 3.05) is 6.54 Å². The van der Waals surface area contributed by atoms with E-state index in [1.807, 2.05) is 0 Å². The fourth-order valence-electron chi connectivity index (χ4n) is 4.39. The van der Waals surface area contributed by atoms with Gasteiger partial charge in [-0.1, -0.05) is 58.3 Å². The van der Waals surface area contributed by atoms with Crippen molar-refractivity contribution in [3.05, 3.63) is 0 Å². The molecule has 0 fully saturated rings. The van der Waals surface area contributed by atoms with Crippen molar-refractivity contribution >= 4 is 41.5 Å². The van der Waals surface area contributed by atoms with Crippen LogP contribution in [0, 0.1) is 0 Å². The minimum Gasteiger partial charge on any atom is -0.480 e. The number of nitrogens with two attached hydrogens (primary N) is 2. The summed E-state index contributed by atoms with van der Waals surface area (Å²) in [6.45, 7) is 3.24. The Morgan fingerprint density at radius 2 is 1.07 bits per heavy atom. The quantitative estimate of drug-likeness (QED) is 0.0612. The van der Waals surface area contributed by atoms with Crippen molar-refractivity contribution in [1.82, 2.24) is 21.3 Å². The van der Waals surface area contributed by atoms with Crippen LogP contribution in [-0.4, -0.2) is 82.4 Å². The summed E-state index contributed by atoms with van der Waals surface area (Å²) in [4.78, 5) is 83.3. The zero-order chi connectivity index (χ0) is 33.5. The Balaban J connectivity index is 4.59. The average molecular weight is 629 g/mol. The van der Waals surface area contributed by atoms with Crippen LogP contribution in [0.4, 0.5) is 0 Å². The Bertz CT molecular complexity index is 946. The first-order valence-electron chi connectivity index (χ1n) is 15.5. The van der Waals surface area contributed by atoms with Crippen molar-refractivity contribution in [1.29, 1.82) is 0 Å². The fourth-order valence-corrected chi connectivity index (χ4v) is 4.39. The molecule has 0 aliphatic carbocycles. The molecule has 44 heavy (non-hydrogen) atoms. The monoisotopic (exact) mass is 628 g/mol. The number of carbonyl (C=O) groups is 7. The number of hydrogen-bond acceptors (Lipinski definition) is 8. The van der Waals surface area contributed by atoms with Gasteiger partial charge in [0.15, 0.2) is 0 Å². The zero-order valence-electron chi connectivity index (χ0n) is 26.0. The van der Waals surface area contributed by atoms with Crippen LogP contribution in [0.5, 0.6) is 0 Å².